The van der Waals surface area contributed by atoms with Gasteiger partial charge in [0.15, 0.2) is 0 Å². The van der Waals surface area contributed by atoms with Crippen LogP contribution in [0.1, 0.15) is 45.1 Å². The molecule has 0 aromatic heterocycles. The van der Waals surface area contributed by atoms with E-state index in [4.69, 9.17) is 23.2 Å². The van der Waals surface area contributed by atoms with E-state index in [0.29, 0.717) is 24.2 Å². The van der Waals surface area contributed by atoms with Gasteiger partial charge in [-0.1, -0.05) is 71.6 Å². The molecule has 7 heteroatoms. The highest BCUT2D eigenvalue weighted by atomic mass is 35.5. The lowest BCUT2D eigenvalue weighted by molar-refractivity contribution is 0.156. The van der Waals surface area contributed by atoms with Crippen LogP contribution in [0.2, 0.25) is 10.0 Å². The molecule has 2 aromatic rings. The van der Waals surface area contributed by atoms with E-state index < -0.39 is 10.0 Å². The van der Waals surface area contributed by atoms with Gasteiger partial charge in [-0.25, -0.2) is 8.42 Å². The molecule has 4 nitrogen and oxygen atoms in total. The zero-order valence-electron chi connectivity index (χ0n) is 18.8. The minimum atomic E-state index is -3.80. The number of sulfonamides is 1. The van der Waals surface area contributed by atoms with E-state index in [1.54, 1.807) is 6.07 Å². The SMILES string of the molecule is C/C(=C\c1ccccc1)CN(CCCN1CCCCC1C)S(=O)(=O)c1cc(Cl)ccc1Cl. The largest absolute Gasteiger partial charge is 0.301 e. The fourth-order valence-electron chi connectivity index (χ4n) is 4.20. The molecule has 0 aliphatic carbocycles. The first-order valence-electron chi connectivity index (χ1n) is 11.2. The van der Waals surface area contributed by atoms with Gasteiger partial charge in [-0.05, 0) is 70.0 Å². The Bertz CT molecular complexity index is 1030. The Labute approximate surface area is 202 Å². The van der Waals surface area contributed by atoms with Crippen molar-refractivity contribution in [2.24, 2.45) is 0 Å². The van der Waals surface area contributed by atoms with E-state index >= 15 is 0 Å². The minimum Gasteiger partial charge on any atom is -0.301 e. The van der Waals surface area contributed by atoms with Crippen LogP contribution in [0.25, 0.3) is 6.08 Å². The smallest absolute Gasteiger partial charge is 0.244 e. The molecule has 174 valence electrons. The summed E-state index contributed by atoms with van der Waals surface area (Å²) in [5.41, 5.74) is 2.01. The van der Waals surface area contributed by atoms with Crippen molar-refractivity contribution in [3.8, 4) is 0 Å². The summed E-state index contributed by atoms with van der Waals surface area (Å²) in [6, 6.07) is 15.1. The molecule has 1 aliphatic rings. The van der Waals surface area contributed by atoms with Crippen molar-refractivity contribution < 1.29 is 8.42 Å². The molecule has 32 heavy (non-hydrogen) atoms. The fraction of sp³-hybridized carbons (Fsp3) is 0.440. The van der Waals surface area contributed by atoms with Gasteiger partial charge in [-0.2, -0.15) is 4.31 Å². The van der Waals surface area contributed by atoms with E-state index in [1.807, 2.05) is 43.3 Å². The summed E-state index contributed by atoms with van der Waals surface area (Å²) in [6.07, 6.45) is 6.48. The monoisotopic (exact) mass is 494 g/mol. The first-order chi connectivity index (χ1) is 15.3. The maximum atomic E-state index is 13.6. The Morgan fingerprint density at radius 2 is 1.91 bits per heavy atom. The average molecular weight is 496 g/mol. The summed E-state index contributed by atoms with van der Waals surface area (Å²) >= 11 is 12.4. The van der Waals surface area contributed by atoms with Gasteiger partial charge in [-0.15, -0.1) is 0 Å². The molecule has 0 N–H and O–H groups in total. The molecular weight excluding hydrogens is 463 g/mol. The first kappa shape index (κ1) is 25.3. The van der Waals surface area contributed by atoms with Crippen LogP contribution >= 0.6 is 23.2 Å². The maximum absolute atomic E-state index is 13.6. The fourth-order valence-corrected chi connectivity index (χ4v) is 6.45. The number of rotatable bonds is 9. The molecule has 0 amide bonds. The summed E-state index contributed by atoms with van der Waals surface area (Å²) in [5.74, 6) is 0. The van der Waals surface area contributed by atoms with Crippen molar-refractivity contribution in [3.05, 3.63) is 69.7 Å². The van der Waals surface area contributed by atoms with E-state index in [0.717, 1.165) is 30.6 Å². The van der Waals surface area contributed by atoms with Crippen LogP contribution in [0, 0.1) is 0 Å². The van der Waals surface area contributed by atoms with E-state index in [9.17, 15) is 8.42 Å². The third kappa shape index (κ3) is 6.82. The lowest BCUT2D eigenvalue weighted by atomic mass is 10.0. The van der Waals surface area contributed by atoms with Crippen LogP contribution in [0.5, 0.6) is 0 Å². The number of piperidine rings is 1. The lowest BCUT2D eigenvalue weighted by Gasteiger charge is -2.34. The lowest BCUT2D eigenvalue weighted by Crippen LogP contribution is -2.40. The highest BCUT2D eigenvalue weighted by Crippen LogP contribution is 2.28. The highest BCUT2D eigenvalue weighted by molar-refractivity contribution is 7.89. The van der Waals surface area contributed by atoms with Gasteiger partial charge in [0, 0.05) is 24.2 Å². The van der Waals surface area contributed by atoms with Gasteiger partial charge < -0.3 is 4.90 Å². The van der Waals surface area contributed by atoms with E-state index in [-0.39, 0.29) is 9.92 Å². The number of benzene rings is 2. The molecule has 1 aliphatic heterocycles. The Morgan fingerprint density at radius 3 is 2.62 bits per heavy atom. The first-order valence-corrected chi connectivity index (χ1v) is 13.4. The quantitative estimate of drug-likeness (QED) is 0.407. The Kier molecular flexibility index (Phi) is 9.21. The molecule has 2 aromatic carbocycles. The summed E-state index contributed by atoms with van der Waals surface area (Å²) in [4.78, 5) is 2.53. The van der Waals surface area contributed by atoms with Crippen LogP contribution in [0.15, 0.2) is 59.0 Å². The van der Waals surface area contributed by atoms with Crippen LogP contribution in [0.4, 0.5) is 0 Å². The maximum Gasteiger partial charge on any atom is 0.244 e. The van der Waals surface area contributed by atoms with Gasteiger partial charge in [-0.3, -0.25) is 0 Å². The third-order valence-corrected chi connectivity index (χ3v) is 8.50. The molecular formula is C25H32Cl2N2O2S. The average Bonchev–Trinajstić information content (AvgIpc) is 2.76. The Morgan fingerprint density at radius 1 is 1.16 bits per heavy atom. The molecule has 0 saturated carbocycles. The summed E-state index contributed by atoms with van der Waals surface area (Å²) in [7, 11) is -3.80. The van der Waals surface area contributed by atoms with Gasteiger partial charge in [0.05, 0.1) is 5.02 Å². The number of nitrogens with zero attached hydrogens (tertiary/aromatic N) is 2. The summed E-state index contributed by atoms with van der Waals surface area (Å²) in [5, 5.41) is 0.542. The molecule has 1 unspecified atom stereocenters. The molecule has 1 atom stereocenters. The predicted octanol–water partition coefficient (Wildman–Crippen LogP) is 6.35. The van der Waals surface area contributed by atoms with Gasteiger partial charge in [0.25, 0.3) is 0 Å². The zero-order chi connectivity index (χ0) is 23.1. The Balaban J connectivity index is 1.81. The van der Waals surface area contributed by atoms with Gasteiger partial charge in [0.2, 0.25) is 10.0 Å². The summed E-state index contributed by atoms with van der Waals surface area (Å²) < 4.78 is 28.7. The third-order valence-electron chi connectivity index (χ3n) is 5.94. The standard InChI is InChI=1S/C25H32Cl2N2O2S/c1-20(17-22-10-4-3-5-11-22)19-29(16-8-15-28-14-7-6-9-21(28)2)32(30,31)25-18-23(26)12-13-24(25)27/h3-5,10-13,17-18,21H,6-9,14-16,19H2,1-2H3/b20-17+. The second kappa shape index (κ2) is 11.7. The highest BCUT2D eigenvalue weighted by Gasteiger charge is 2.28. The number of halogens is 2. The molecule has 1 fully saturated rings. The van der Waals surface area contributed by atoms with Crippen molar-refractivity contribution in [3.63, 3.8) is 0 Å². The second-order valence-electron chi connectivity index (χ2n) is 8.55. The molecule has 0 radical (unpaired) electrons. The van der Waals surface area contributed by atoms with Crippen LogP contribution in [0.3, 0.4) is 0 Å². The van der Waals surface area contributed by atoms with Crippen molar-refractivity contribution in [1.29, 1.82) is 0 Å². The number of hydrogen-bond acceptors (Lipinski definition) is 3. The topological polar surface area (TPSA) is 40.6 Å². The zero-order valence-corrected chi connectivity index (χ0v) is 21.1. The van der Waals surface area contributed by atoms with Crippen molar-refractivity contribution in [2.75, 3.05) is 26.2 Å². The minimum absolute atomic E-state index is 0.0607. The van der Waals surface area contributed by atoms with Gasteiger partial charge >= 0.3 is 0 Å². The van der Waals surface area contributed by atoms with E-state index in [2.05, 4.69) is 11.8 Å². The molecule has 0 bridgehead atoms. The second-order valence-corrected chi connectivity index (χ2v) is 11.3. The van der Waals surface area contributed by atoms with E-state index in [1.165, 1.54) is 35.7 Å². The number of likely N-dealkylation sites (tertiary alicyclic amines) is 1. The van der Waals surface area contributed by atoms with Crippen molar-refractivity contribution in [2.45, 2.75) is 50.5 Å². The molecule has 0 spiro atoms. The van der Waals surface area contributed by atoms with Crippen LogP contribution in [-0.4, -0.2) is 49.8 Å². The predicted molar refractivity (Wildman–Crippen MR) is 135 cm³/mol. The Hall–Kier alpha value is -1.37. The molecule has 1 saturated heterocycles. The van der Waals surface area contributed by atoms with Crippen molar-refractivity contribution in [1.82, 2.24) is 9.21 Å². The normalized spacial score (nSPS) is 18.3. The van der Waals surface area contributed by atoms with Gasteiger partial charge in [0.1, 0.15) is 4.90 Å². The van der Waals surface area contributed by atoms with Crippen LogP contribution < -0.4 is 0 Å². The molecule has 1 heterocycles. The number of hydrogen-bond donors (Lipinski definition) is 0. The van der Waals surface area contributed by atoms with Crippen LogP contribution in [-0.2, 0) is 10.0 Å². The molecule has 3 rings (SSSR count). The summed E-state index contributed by atoms with van der Waals surface area (Å²) in [6.45, 7) is 6.91. The van der Waals surface area contributed by atoms with Crippen molar-refractivity contribution >= 4 is 39.3 Å².